The van der Waals surface area contributed by atoms with Gasteiger partial charge in [0, 0.05) is 22.8 Å². The van der Waals surface area contributed by atoms with Crippen LogP contribution in [0.5, 0.6) is 0 Å². The van der Waals surface area contributed by atoms with Crippen molar-refractivity contribution in [1.82, 2.24) is 20.0 Å². The van der Waals surface area contributed by atoms with Crippen molar-refractivity contribution in [1.29, 1.82) is 0 Å². The Hall–Kier alpha value is -2.54. The molecule has 24 heavy (non-hydrogen) atoms. The first-order chi connectivity index (χ1) is 11.6. The molecule has 7 heteroatoms. The van der Waals surface area contributed by atoms with Crippen molar-refractivity contribution in [3.63, 3.8) is 0 Å². The molecule has 0 aliphatic carbocycles. The summed E-state index contributed by atoms with van der Waals surface area (Å²) in [5, 5.41) is 9.01. The normalized spacial score (nSPS) is 16.5. The highest BCUT2D eigenvalue weighted by atomic mass is 32.1. The van der Waals surface area contributed by atoms with Crippen LogP contribution in [0.3, 0.4) is 0 Å². The van der Waals surface area contributed by atoms with Crippen LogP contribution in [-0.4, -0.2) is 31.9 Å². The van der Waals surface area contributed by atoms with Gasteiger partial charge < -0.3 is 4.90 Å². The molecule has 1 atom stereocenters. The third kappa shape index (κ3) is 2.24. The third-order valence-corrected chi connectivity index (χ3v) is 5.20. The minimum atomic E-state index is -0.107. The predicted octanol–water partition coefficient (Wildman–Crippen LogP) is 2.93. The van der Waals surface area contributed by atoms with E-state index in [1.807, 2.05) is 36.9 Å². The number of aromatic nitrogens is 4. The molecule has 4 rings (SSSR count). The second kappa shape index (κ2) is 5.52. The second-order valence-electron chi connectivity index (χ2n) is 6.05. The summed E-state index contributed by atoms with van der Waals surface area (Å²) >= 11 is 1.53. The lowest BCUT2D eigenvalue weighted by atomic mass is 10.1. The summed E-state index contributed by atoms with van der Waals surface area (Å²) in [5.41, 5.74) is 3.25. The molecule has 2 aromatic heterocycles. The molecule has 0 radical (unpaired) electrons. The van der Waals surface area contributed by atoms with Crippen LogP contribution in [0.4, 0.5) is 5.69 Å². The summed E-state index contributed by atoms with van der Waals surface area (Å²) in [5.74, 6) is -0.107. The maximum absolute atomic E-state index is 13.1. The molecule has 1 aliphatic heterocycles. The number of hydrogen-bond donors (Lipinski definition) is 0. The minimum absolute atomic E-state index is 0.107. The standard InChI is InChI=1S/C17H17N5OS/c1-10-8-13-6-4-5-7-14(13)21(10)16(23)15-12(3)22(20-19-15)17-18-9-11(2)24-17/h4-7,9-10H,8H2,1-3H3/t10-/m0/s1. The summed E-state index contributed by atoms with van der Waals surface area (Å²) in [6, 6.07) is 8.13. The van der Waals surface area contributed by atoms with Gasteiger partial charge in [-0.15, -0.1) is 16.4 Å². The Bertz CT molecular complexity index is 929. The van der Waals surface area contributed by atoms with Gasteiger partial charge in [-0.25, -0.2) is 4.98 Å². The molecule has 6 nitrogen and oxygen atoms in total. The van der Waals surface area contributed by atoms with Crippen molar-refractivity contribution in [2.75, 3.05) is 4.90 Å². The van der Waals surface area contributed by atoms with E-state index in [4.69, 9.17) is 0 Å². The summed E-state index contributed by atoms with van der Waals surface area (Å²) in [6.45, 7) is 5.90. The van der Waals surface area contributed by atoms with Crippen LogP contribution in [-0.2, 0) is 6.42 Å². The second-order valence-corrected chi connectivity index (χ2v) is 7.26. The topological polar surface area (TPSA) is 63.9 Å². The molecule has 0 fully saturated rings. The van der Waals surface area contributed by atoms with Gasteiger partial charge in [-0.3, -0.25) is 4.79 Å². The van der Waals surface area contributed by atoms with Gasteiger partial charge in [-0.05, 0) is 38.8 Å². The molecule has 0 saturated heterocycles. The van der Waals surface area contributed by atoms with Gasteiger partial charge in [0.1, 0.15) is 0 Å². The summed E-state index contributed by atoms with van der Waals surface area (Å²) in [7, 11) is 0. The van der Waals surface area contributed by atoms with Crippen LogP contribution in [0, 0.1) is 13.8 Å². The van der Waals surface area contributed by atoms with Crippen LogP contribution < -0.4 is 4.90 Å². The molecular formula is C17H17N5OS. The molecule has 3 heterocycles. The Balaban J connectivity index is 1.72. The fraction of sp³-hybridized carbons (Fsp3) is 0.294. The maximum Gasteiger partial charge on any atom is 0.281 e. The van der Waals surface area contributed by atoms with E-state index in [-0.39, 0.29) is 11.9 Å². The first-order valence-electron chi connectivity index (χ1n) is 7.83. The summed E-state index contributed by atoms with van der Waals surface area (Å²) in [6.07, 6.45) is 2.65. The van der Waals surface area contributed by atoms with Crippen LogP contribution >= 0.6 is 11.3 Å². The zero-order valence-corrected chi connectivity index (χ0v) is 14.5. The highest BCUT2D eigenvalue weighted by molar-refractivity contribution is 7.13. The van der Waals surface area contributed by atoms with E-state index in [2.05, 4.69) is 28.3 Å². The fourth-order valence-corrected chi connectivity index (χ4v) is 3.90. The number of amides is 1. The zero-order valence-electron chi connectivity index (χ0n) is 13.7. The van der Waals surface area contributed by atoms with Crippen LogP contribution in [0.2, 0.25) is 0 Å². The zero-order chi connectivity index (χ0) is 16.8. The Morgan fingerprint density at radius 3 is 2.83 bits per heavy atom. The number of benzene rings is 1. The summed E-state index contributed by atoms with van der Waals surface area (Å²) in [4.78, 5) is 20.3. The Kier molecular flexibility index (Phi) is 3.45. The molecular weight excluding hydrogens is 322 g/mol. The number of thiazole rings is 1. The van der Waals surface area contributed by atoms with Crippen LogP contribution in [0.15, 0.2) is 30.5 Å². The maximum atomic E-state index is 13.1. The first-order valence-corrected chi connectivity index (χ1v) is 8.64. The highest BCUT2D eigenvalue weighted by Gasteiger charge is 2.34. The van der Waals surface area contributed by atoms with Crippen molar-refractivity contribution < 1.29 is 4.79 Å². The van der Waals surface area contributed by atoms with E-state index >= 15 is 0 Å². The Morgan fingerprint density at radius 2 is 2.08 bits per heavy atom. The number of rotatable bonds is 2. The quantitative estimate of drug-likeness (QED) is 0.720. The lowest BCUT2D eigenvalue weighted by Crippen LogP contribution is -2.36. The molecule has 122 valence electrons. The van der Waals surface area contributed by atoms with Crippen molar-refractivity contribution in [2.24, 2.45) is 0 Å². The molecule has 0 bridgehead atoms. The van der Waals surface area contributed by atoms with Crippen molar-refractivity contribution in [2.45, 2.75) is 33.2 Å². The van der Waals surface area contributed by atoms with Gasteiger partial charge in [0.05, 0.1) is 5.69 Å². The number of fused-ring (bicyclic) bond motifs is 1. The lowest BCUT2D eigenvalue weighted by Gasteiger charge is -2.21. The third-order valence-electron chi connectivity index (χ3n) is 4.31. The number of carbonyl (C=O) groups is 1. The molecule has 1 aromatic carbocycles. The molecule has 1 amide bonds. The molecule has 0 unspecified atom stereocenters. The minimum Gasteiger partial charge on any atom is -0.304 e. The molecule has 3 aromatic rings. The van der Waals surface area contributed by atoms with Gasteiger partial charge in [0.15, 0.2) is 5.69 Å². The smallest absolute Gasteiger partial charge is 0.281 e. The van der Waals surface area contributed by atoms with E-state index in [0.717, 1.165) is 22.1 Å². The number of nitrogens with zero attached hydrogens (tertiary/aromatic N) is 5. The van der Waals surface area contributed by atoms with E-state index in [1.54, 1.807) is 10.9 Å². The van der Waals surface area contributed by atoms with Gasteiger partial charge in [0.25, 0.3) is 5.91 Å². The average molecular weight is 339 g/mol. The van der Waals surface area contributed by atoms with Gasteiger partial charge in [0.2, 0.25) is 5.13 Å². The number of carbonyl (C=O) groups excluding carboxylic acids is 1. The van der Waals surface area contributed by atoms with E-state index in [1.165, 1.54) is 16.9 Å². The predicted molar refractivity (Wildman–Crippen MR) is 92.9 cm³/mol. The Labute approximate surface area is 143 Å². The number of hydrogen-bond acceptors (Lipinski definition) is 5. The SMILES string of the molecule is Cc1cnc(-n2nnc(C(=O)N3c4ccccc4C[C@@H]3C)c2C)s1. The number of anilines is 1. The van der Waals surface area contributed by atoms with Gasteiger partial charge in [-0.2, -0.15) is 4.68 Å². The average Bonchev–Trinajstić information content (AvgIpc) is 3.23. The molecule has 1 aliphatic rings. The van der Waals surface area contributed by atoms with Gasteiger partial charge in [-0.1, -0.05) is 23.4 Å². The van der Waals surface area contributed by atoms with Crippen molar-refractivity contribution in [3.8, 4) is 5.13 Å². The Morgan fingerprint density at radius 1 is 1.29 bits per heavy atom. The lowest BCUT2D eigenvalue weighted by molar-refractivity contribution is 0.0976. The monoisotopic (exact) mass is 339 g/mol. The molecule has 0 N–H and O–H groups in total. The fourth-order valence-electron chi connectivity index (χ4n) is 3.14. The largest absolute Gasteiger partial charge is 0.304 e. The van der Waals surface area contributed by atoms with Crippen molar-refractivity contribution in [3.05, 3.63) is 52.3 Å². The highest BCUT2D eigenvalue weighted by Crippen LogP contribution is 2.33. The van der Waals surface area contributed by atoms with E-state index < -0.39 is 0 Å². The van der Waals surface area contributed by atoms with E-state index in [9.17, 15) is 4.79 Å². The van der Waals surface area contributed by atoms with Crippen molar-refractivity contribution >= 4 is 22.9 Å². The van der Waals surface area contributed by atoms with E-state index in [0.29, 0.717) is 11.4 Å². The van der Waals surface area contributed by atoms with Crippen LogP contribution in [0.25, 0.3) is 5.13 Å². The number of aryl methyl sites for hydroxylation is 1. The first kappa shape index (κ1) is 15.0. The van der Waals surface area contributed by atoms with Crippen LogP contribution in [0.1, 0.15) is 33.5 Å². The molecule has 0 spiro atoms. The molecule has 0 saturated carbocycles. The summed E-state index contributed by atoms with van der Waals surface area (Å²) < 4.78 is 1.64. The number of para-hydroxylation sites is 1. The van der Waals surface area contributed by atoms with Gasteiger partial charge >= 0.3 is 0 Å².